The van der Waals surface area contributed by atoms with Crippen LogP contribution < -0.4 is 20.1 Å². The van der Waals surface area contributed by atoms with Crippen LogP contribution in [0.1, 0.15) is 21.5 Å². The van der Waals surface area contributed by atoms with E-state index in [1.165, 1.54) is 26.4 Å². The molecular weight excluding hydrogens is 378 g/mol. The normalized spacial score (nSPS) is 10.2. The number of ether oxygens (including phenoxy) is 2. The standard InChI is InChI=1S/C20H23N3O6/c1-13-4-6-14(7-5-13)20(25)22-12-19(24)21-9-8-15-10-17(28-2)18(29-3)11-16(15)23(26)27/h4-7,10-11H,8-9,12H2,1-3H3,(H,21,24)(H,22,25). The predicted molar refractivity (Wildman–Crippen MR) is 106 cm³/mol. The number of nitrogens with zero attached hydrogens (tertiary/aromatic N) is 1. The van der Waals surface area contributed by atoms with Crippen molar-refractivity contribution in [2.45, 2.75) is 13.3 Å². The molecule has 0 aliphatic rings. The van der Waals surface area contributed by atoms with E-state index in [2.05, 4.69) is 10.6 Å². The monoisotopic (exact) mass is 401 g/mol. The van der Waals surface area contributed by atoms with Gasteiger partial charge in [-0.2, -0.15) is 0 Å². The number of benzene rings is 2. The number of hydrogen-bond acceptors (Lipinski definition) is 6. The van der Waals surface area contributed by atoms with Gasteiger partial charge >= 0.3 is 0 Å². The number of carbonyl (C=O) groups is 2. The van der Waals surface area contributed by atoms with Crippen molar-refractivity contribution >= 4 is 17.5 Å². The highest BCUT2D eigenvalue weighted by atomic mass is 16.6. The van der Waals surface area contributed by atoms with Crippen LogP contribution in [-0.2, 0) is 11.2 Å². The van der Waals surface area contributed by atoms with Crippen LogP contribution in [0.5, 0.6) is 11.5 Å². The molecule has 0 aromatic heterocycles. The quantitative estimate of drug-likeness (QED) is 0.490. The fourth-order valence-corrected chi connectivity index (χ4v) is 2.65. The largest absolute Gasteiger partial charge is 0.493 e. The molecule has 0 aliphatic carbocycles. The highest BCUT2D eigenvalue weighted by molar-refractivity contribution is 5.96. The van der Waals surface area contributed by atoms with Gasteiger partial charge < -0.3 is 20.1 Å². The lowest BCUT2D eigenvalue weighted by Crippen LogP contribution is -2.37. The Morgan fingerprint density at radius 3 is 2.24 bits per heavy atom. The van der Waals surface area contributed by atoms with Gasteiger partial charge in [0.1, 0.15) is 0 Å². The van der Waals surface area contributed by atoms with Gasteiger partial charge in [-0.1, -0.05) is 17.7 Å². The number of carbonyl (C=O) groups excluding carboxylic acids is 2. The van der Waals surface area contributed by atoms with Crippen molar-refractivity contribution in [3.63, 3.8) is 0 Å². The second kappa shape index (κ2) is 10.1. The molecule has 0 heterocycles. The molecule has 2 aromatic rings. The van der Waals surface area contributed by atoms with Crippen LogP contribution in [0.3, 0.4) is 0 Å². The fraction of sp³-hybridized carbons (Fsp3) is 0.300. The summed E-state index contributed by atoms with van der Waals surface area (Å²) in [6.07, 6.45) is 0.217. The Bertz CT molecular complexity index is 896. The summed E-state index contributed by atoms with van der Waals surface area (Å²) in [4.78, 5) is 34.8. The number of amides is 2. The molecule has 0 bridgehead atoms. The maximum absolute atomic E-state index is 12.0. The van der Waals surface area contributed by atoms with Crippen molar-refractivity contribution < 1.29 is 24.0 Å². The number of hydrogen-bond donors (Lipinski definition) is 2. The Balaban J connectivity index is 1.90. The Kier molecular flexibility index (Phi) is 7.53. The van der Waals surface area contributed by atoms with Gasteiger partial charge in [0.05, 0.1) is 31.8 Å². The van der Waals surface area contributed by atoms with E-state index < -0.39 is 10.8 Å². The first kappa shape index (κ1) is 21.7. The van der Waals surface area contributed by atoms with Crippen molar-refractivity contribution in [2.75, 3.05) is 27.3 Å². The third-order valence-corrected chi connectivity index (χ3v) is 4.22. The first-order valence-electron chi connectivity index (χ1n) is 8.86. The number of nitro benzene ring substituents is 1. The molecule has 2 rings (SSSR count). The molecule has 0 fully saturated rings. The maximum Gasteiger partial charge on any atom is 0.276 e. The van der Waals surface area contributed by atoms with E-state index in [0.717, 1.165) is 5.56 Å². The zero-order valence-corrected chi connectivity index (χ0v) is 16.5. The number of methoxy groups -OCH3 is 2. The molecule has 0 saturated carbocycles. The highest BCUT2D eigenvalue weighted by Crippen LogP contribution is 2.34. The fourth-order valence-electron chi connectivity index (χ4n) is 2.65. The van der Waals surface area contributed by atoms with E-state index in [0.29, 0.717) is 16.9 Å². The first-order chi connectivity index (χ1) is 13.8. The van der Waals surface area contributed by atoms with Gasteiger partial charge in [-0.3, -0.25) is 19.7 Å². The minimum atomic E-state index is -0.513. The molecule has 29 heavy (non-hydrogen) atoms. The third-order valence-electron chi connectivity index (χ3n) is 4.22. The number of aryl methyl sites for hydroxylation is 1. The molecule has 9 nitrogen and oxygen atoms in total. The van der Waals surface area contributed by atoms with Gasteiger partial charge in [0, 0.05) is 17.7 Å². The smallest absolute Gasteiger partial charge is 0.276 e. The third kappa shape index (κ3) is 5.93. The van der Waals surface area contributed by atoms with Crippen LogP contribution in [-0.4, -0.2) is 44.0 Å². The molecule has 0 atom stereocenters. The Hall–Kier alpha value is -3.62. The Morgan fingerprint density at radius 1 is 1.03 bits per heavy atom. The van der Waals surface area contributed by atoms with E-state index in [-0.39, 0.29) is 36.9 Å². The van der Waals surface area contributed by atoms with Crippen LogP contribution >= 0.6 is 0 Å². The summed E-state index contributed by atoms with van der Waals surface area (Å²) in [5.74, 6) is -0.125. The summed E-state index contributed by atoms with van der Waals surface area (Å²) in [6.45, 7) is 1.88. The van der Waals surface area contributed by atoms with E-state index in [9.17, 15) is 19.7 Å². The molecule has 2 aromatic carbocycles. The van der Waals surface area contributed by atoms with Gasteiger partial charge in [0.15, 0.2) is 11.5 Å². The zero-order valence-electron chi connectivity index (χ0n) is 16.5. The van der Waals surface area contributed by atoms with Crippen molar-refractivity contribution in [1.29, 1.82) is 0 Å². The summed E-state index contributed by atoms with van der Waals surface area (Å²) < 4.78 is 10.3. The molecule has 2 amide bonds. The topological polar surface area (TPSA) is 120 Å². The van der Waals surface area contributed by atoms with Crippen molar-refractivity contribution in [2.24, 2.45) is 0 Å². The van der Waals surface area contributed by atoms with Crippen LogP contribution in [0.4, 0.5) is 5.69 Å². The van der Waals surface area contributed by atoms with Crippen LogP contribution in [0.15, 0.2) is 36.4 Å². The van der Waals surface area contributed by atoms with Gasteiger partial charge in [-0.25, -0.2) is 0 Å². The summed E-state index contributed by atoms with van der Waals surface area (Å²) in [6, 6.07) is 9.79. The lowest BCUT2D eigenvalue weighted by atomic mass is 10.1. The first-order valence-corrected chi connectivity index (χ1v) is 8.86. The summed E-state index contributed by atoms with van der Waals surface area (Å²) in [7, 11) is 2.83. The molecule has 0 unspecified atom stereocenters. The van der Waals surface area contributed by atoms with Crippen LogP contribution in [0.2, 0.25) is 0 Å². The number of nitro groups is 1. The molecule has 0 aliphatic heterocycles. The van der Waals surface area contributed by atoms with Crippen LogP contribution in [0, 0.1) is 17.0 Å². The van der Waals surface area contributed by atoms with Crippen molar-refractivity contribution in [3.8, 4) is 11.5 Å². The highest BCUT2D eigenvalue weighted by Gasteiger charge is 2.19. The molecule has 0 radical (unpaired) electrons. The van der Waals surface area contributed by atoms with E-state index in [4.69, 9.17) is 9.47 Å². The molecule has 2 N–H and O–H groups in total. The maximum atomic E-state index is 12.0. The summed E-state index contributed by atoms with van der Waals surface area (Å²) in [5.41, 5.74) is 1.77. The Labute approximate surface area is 168 Å². The molecule has 154 valence electrons. The van der Waals surface area contributed by atoms with Gasteiger partial charge in [-0.05, 0) is 31.5 Å². The predicted octanol–water partition coefficient (Wildman–Crippen LogP) is 2.01. The molecule has 9 heteroatoms. The Morgan fingerprint density at radius 2 is 1.66 bits per heavy atom. The molecule has 0 spiro atoms. The molecular formula is C20H23N3O6. The second-order valence-corrected chi connectivity index (χ2v) is 6.24. The minimum Gasteiger partial charge on any atom is -0.493 e. The lowest BCUT2D eigenvalue weighted by molar-refractivity contribution is -0.385. The zero-order chi connectivity index (χ0) is 21.4. The van der Waals surface area contributed by atoms with Gasteiger partial charge in [-0.15, -0.1) is 0 Å². The number of nitrogens with one attached hydrogen (secondary N) is 2. The summed E-state index contributed by atoms with van der Waals surface area (Å²) in [5, 5.41) is 16.5. The lowest BCUT2D eigenvalue weighted by Gasteiger charge is -2.11. The van der Waals surface area contributed by atoms with Crippen molar-refractivity contribution in [3.05, 3.63) is 63.2 Å². The average molecular weight is 401 g/mol. The van der Waals surface area contributed by atoms with E-state index in [1.54, 1.807) is 12.1 Å². The van der Waals surface area contributed by atoms with Crippen LogP contribution in [0.25, 0.3) is 0 Å². The molecule has 0 saturated heterocycles. The van der Waals surface area contributed by atoms with E-state index >= 15 is 0 Å². The van der Waals surface area contributed by atoms with Crippen molar-refractivity contribution in [1.82, 2.24) is 10.6 Å². The summed E-state index contributed by atoms with van der Waals surface area (Å²) >= 11 is 0. The van der Waals surface area contributed by atoms with Gasteiger partial charge in [0.2, 0.25) is 5.91 Å². The average Bonchev–Trinajstić information content (AvgIpc) is 2.71. The number of rotatable bonds is 9. The SMILES string of the molecule is COc1cc(CCNC(=O)CNC(=O)c2ccc(C)cc2)c([N+](=O)[O-])cc1OC. The second-order valence-electron chi connectivity index (χ2n) is 6.24. The van der Waals surface area contributed by atoms with Gasteiger partial charge in [0.25, 0.3) is 11.6 Å². The van der Waals surface area contributed by atoms with E-state index in [1.807, 2.05) is 19.1 Å². The minimum absolute atomic E-state index is 0.121.